The van der Waals surface area contributed by atoms with Crippen molar-refractivity contribution in [2.45, 2.75) is 19.9 Å². The maximum atomic E-state index is 12.2. The number of aryl methyl sites for hydroxylation is 1. The Hall–Kier alpha value is -1.62. The van der Waals surface area contributed by atoms with E-state index in [2.05, 4.69) is 28.0 Å². The number of carbonyl (C=O) groups is 1. The van der Waals surface area contributed by atoms with Crippen LogP contribution in [0.2, 0.25) is 0 Å². The van der Waals surface area contributed by atoms with Crippen LogP contribution in [-0.4, -0.2) is 15.6 Å². The van der Waals surface area contributed by atoms with Gasteiger partial charge in [0.15, 0.2) is 5.78 Å². The highest BCUT2D eigenvalue weighted by molar-refractivity contribution is 9.10. The molecule has 4 nitrogen and oxygen atoms in total. The summed E-state index contributed by atoms with van der Waals surface area (Å²) < 4.78 is 2.51. The van der Waals surface area contributed by atoms with Gasteiger partial charge in [-0.2, -0.15) is 5.10 Å². The molecule has 2 aromatic rings. The summed E-state index contributed by atoms with van der Waals surface area (Å²) in [5.41, 5.74) is 7.52. The minimum atomic E-state index is -0.0435. The number of anilines is 1. The van der Waals surface area contributed by atoms with Gasteiger partial charge in [-0.3, -0.25) is 9.48 Å². The van der Waals surface area contributed by atoms with Gasteiger partial charge in [0.1, 0.15) is 0 Å². The van der Waals surface area contributed by atoms with Crippen molar-refractivity contribution in [3.63, 3.8) is 0 Å². The van der Waals surface area contributed by atoms with Crippen molar-refractivity contribution in [2.75, 3.05) is 5.73 Å². The molecule has 2 N–H and O–H groups in total. The Balaban J connectivity index is 2.26. The second-order valence-corrected chi connectivity index (χ2v) is 4.91. The third kappa shape index (κ3) is 2.61. The average Bonchev–Trinajstić information content (AvgIpc) is 2.81. The van der Waals surface area contributed by atoms with Crippen LogP contribution in [0.5, 0.6) is 0 Å². The average molecular weight is 308 g/mol. The molecule has 0 fully saturated rings. The first-order valence-electron chi connectivity index (χ1n) is 5.74. The van der Waals surface area contributed by atoms with Gasteiger partial charge in [0.2, 0.25) is 0 Å². The van der Waals surface area contributed by atoms with Crippen molar-refractivity contribution in [2.24, 2.45) is 0 Å². The van der Waals surface area contributed by atoms with E-state index in [4.69, 9.17) is 5.73 Å². The molecule has 0 aliphatic heterocycles. The summed E-state index contributed by atoms with van der Waals surface area (Å²) in [6, 6.07) is 5.17. The summed E-state index contributed by atoms with van der Waals surface area (Å²) in [4.78, 5) is 12.2. The number of hydrogen-bond donors (Lipinski definition) is 1. The van der Waals surface area contributed by atoms with E-state index in [0.29, 0.717) is 16.8 Å². The summed E-state index contributed by atoms with van der Waals surface area (Å²) >= 11 is 3.32. The predicted octanol–water partition coefficient (Wildman–Crippen LogP) is 2.87. The molecular weight excluding hydrogens is 294 g/mol. The molecule has 0 amide bonds. The van der Waals surface area contributed by atoms with Gasteiger partial charge in [0.25, 0.3) is 0 Å². The molecule has 0 spiro atoms. The highest BCUT2D eigenvalue weighted by Crippen LogP contribution is 2.22. The summed E-state index contributed by atoms with van der Waals surface area (Å²) in [6.45, 7) is 2.89. The molecule has 0 aliphatic carbocycles. The zero-order valence-corrected chi connectivity index (χ0v) is 11.6. The summed E-state index contributed by atoms with van der Waals surface area (Å²) in [5, 5.41) is 4.15. The van der Waals surface area contributed by atoms with Gasteiger partial charge in [0, 0.05) is 28.5 Å². The largest absolute Gasteiger partial charge is 0.398 e. The van der Waals surface area contributed by atoms with E-state index in [-0.39, 0.29) is 5.78 Å². The number of carbonyl (C=O) groups excluding carboxylic acids is 1. The molecule has 94 valence electrons. The van der Waals surface area contributed by atoms with E-state index < -0.39 is 0 Å². The number of aromatic nitrogens is 2. The van der Waals surface area contributed by atoms with E-state index in [9.17, 15) is 4.79 Å². The SMILES string of the molecule is CCCn1cc(C(=O)c2ccc(N)c(Br)c2)cn1. The first-order chi connectivity index (χ1) is 8.61. The van der Waals surface area contributed by atoms with Gasteiger partial charge in [-0.1, -0.05) is 6.92 Å². The molecule has 0 atom stereocenters. The molecule has 1 heterocycles. The molecule has 1 aromatic heterocycles. The highest BCUT2D eigenvalue weighted by Gasteiger charge is 2.12. The second-order valence-electron chi connectivity index (χ2n) is 4.06. The molecule has 0 saturated carbocycles. The lowest BCUT2D eigenvalue weighted by molar-refractivity contribution is 0.103. The van der Waals surface area contributed by atoms with Crippen LogP contribution in [0.3, 0.4) is 0 Å². The Kier molecular flexibility index (Phi) is 3.81. The molecule has 0 saturated heterocycles. The summed E-state index contributed by atoms with van der Waals surface area (Å²) in [6.07, 6.45) is 4.36. The second kappa shape index (κ2) is 5.35. The van der Waals surface area contributed by atoms with Crippen molar-refractivity contribution in [1.82, 2.24) is 9.78 Å². The topological polar surface area (TPSA) is 60.9 Å². The van der Waals surface area contributed by atoms with Crippen LogP contribution < -0.4 is 5.73 Å². The minimum Gasteiger partial charge on any atom is -0.398 e. The number of ketones is 1. The Bertz CT molecular complexity index is 577. The van der Waals surface area contributed by atoms with Gasteiger partial charge in [0.05, 0.1) is 11.8 Å². The summed E-state index contributed by atoms with van der Waals surface area (Å²) in [7, 11) is 0. The Labute approximate surface area is 114 Å². The molecule has 5 heteroatoms. The molecule has 0 radical (unpaired) electrons. The van der Waals surface area contributed by atoms with Crippen molar-refractivity contribution in [3.05, 3.63) is 46.2 Å². The van der Waals surface area contributed by atoms with Crippen LogP contribution in [0.1, 0.15) is 29.3 Å². The first kappa shape index (κ1) is 12.8. The zero-order valence-electron chi connectivity index (χ0n) is 10.1. The smallest absolute Gasteiger partial charge is 0.196 e. The first-order valence-corrected chi connectivity index (χ1v) is 6.53. The zero-order chi connectivity index (χ0) is 13.1. The van der Waals surface area contributed by atoms with E-state index in [0.717, 1.165) is 17.4 Å². The number of nitrogen functional groups attached to an aromatic ring is 1. The van der Waals surface area contributed by atoms with Crippen LogP contribution in [0.15, 0.2) is 35.1 Å². The lowest BCUT2D eigenvalue weighted by Gasteiger charge is -2.01. The molecule has 18 heavy (non-hydrogen) atoms. The van der Waals surface area contributed by atoms with Crippen LogP contribution in [0.4, 0.5) is 5.69 Å². The summed E-state index contributed by atoms with van der Waals surface area (Å²) in [5.74, 6) is -0.0435. The third-order valence-corrected chi connectivity index (χ3v) is 3.30. The van der Waals surface area contributed by atoms with Crippen molar-refractivity contribution in [3.8, 4) is 0 Å². The molecular formula is C13H14BrN3O. The Morgan fingerprint density at radius 2 is 2.22 bits per heavy atom. The minimum absolute atomic E-state index is 0.0435. The lowest BCUT2D eigenvalue weighted by atomic mass is 10.1. The lowest BCUT2D eigenvalue weighted by Crippen LogP contribution is -2.01. The molecule has 0 aliphatic rings. The van der Waals surface area contributed by atoms with Gasteiger partial charge >= 0.3 is 0 Å². The number of benzene rings is 1. The quantitative estimate of drug-likeness (QED) is 0.698. The van der Waals surface area contributed by atoms with Crippen molar-refractivity contribution >= 4 is 27.4 Å². The van der Waals surface area contributed by atoms with Crippen molar-refractivity contribution in [1.29, 1.82) is 0 Å². The number of nitrogens with zero attached hydrogens (tertiary/aromatic N) is 2. The van der Waals surface area contributed by atoms with Crippen LogP contribution in [-0.2, 0) is 6.54 Å². The maximum absolute atomic E-state index is 12.2. The number of hydrogen-bond acceptors (Lipinski definition) is 3. The van der Waals surface area contributed by atoms with Crippen LogP contribution in [0, 0.1) is 0 Å². The molecule has 0 bridgehead atoms. The molecule has 2 rings (SSSR count). The van der Waals surface area contributed by atoms with Crippen LogP contribution >= 0.6 is 15.9 Å². The van der Waals surface area contributed by atoms with Gasteiger partial charge in [-0.25, -0.2) is 0 Å². The normalized spacial score (nSPS) is 10.6. The van der Waals surface area contributed by atoms with E-state index in [1.165, 1.54) is 0 Å². The fourth-order valence-corrected chi connectivity index (χ4v) is 2.05. The van der Waals surface area contributed by atoms with E-state index in [1.54, 1.807) is 35.3 Å². The van der Waals surface area contributed by atoms with E-state index >= 15 is 0 Å². The monoisotopic (exact) mass is 307 g/mol. The third-order valence-electron chi connectivity index (χ3n) is 2.61. The highest BCUT2D eigenvalue weighted by atomic mass is 79.9. The van der Waals surface area contributed by atoms with Crippen molar-refractivity contribution < 1.29 is 4.79 Å². The van der Waals surface area contributed by atoms with E-state index in [1.807, 2.05) is 0 Å². The Morgan fingerprint density at radius 1 is 1.44 bits per heavy atom. The number of nitrogens with two attached hydrogens (primary N) is 1. The van der Waals surface area contributed by atoms with Crippen LogP contribution in [0.25, 0.3) is 0 Å². The molecule has 0 unspecified atom stereocenters. The fraction of sp³-hybridized carbons (Fsp3) is 0.231. The predicted molar refractivity (Wildman–Crippen MR) is 74.5 cm³/mol. The fourth-order valence-electron chi connectivity index (χ4n) is 1.67. The van der Waals surface area contributed by atoms with Gasteiger partial charge in [-0.15, -0.1) is 0 Å². The standard InChI is InChI=1S/C13H14BrN3O/c1-2-5-17-8-10(7-16-17)13(18)9-3-4-12(15)11(14)6-9/h3-4,6-8H,2,5,15H2,1H3. The maximum Gasteiger partial charge on any atom is 0.196 e. The van der Waals surface area contributed by atoms with Gasteiger partial charge < -0.3 is 5.73 Å². The number of rotatable bonds is 4. The Morgan fingerprint density at radius 3 is 2.89 bits per heavy atom. The molecule has 1 aromatic carbocycles. The number of halogens is 1. The van der Waals surface area contributed by atoms with Gasteiger partial charge in [-0.05, 0) is 40.5 Å².